The van der Waals surface area contributed by atoms with Crippen LogP contribution in [0.3, 0.4) is 0 Å². The number of rotatable bonds is 2. The average molecular weight is 238 g/mol. The molecule has 0 amide bonds. The molecule has 0 radical (unpaired) electrons. The van der Waals surface area contributed by atoms with Gasteiger partial charge in [-0.05, 0) is 33.1 Å². The first-order valence-electron chi connectivity index (χ1n) is 6.44. The first-order chi connectivity index (χ1) is 8.09. The van der Waals surface area contributed by atoms with Gasteiger partial charge in [0.15, 0.2) is 5.75 Å². The molecule has 1 N–H and O–H groups in total. The highest BCUT2D eigenvalue weighted by Gasteiger charge is 2.25. The zero-order chi connectivity index (χ0) is 12.4. The monoisotopic (exact) mass is 238 g/mol. The third-order valence-corrected chi connectivity index (χ3v) is 3.63. The van der Waals surface area contributed by atoms with Gasteiger partial charge < -0.3 is 9.84 Å². The van der Waals surface area contributed by atoms with Gasteiger partial charge in [0.2, 0.25) is 0 Å². The fourth-order valence-electron chi connectivity index (χ4n) is 2.47. The molecule has 2 rings (SSSR count). The Hall–Kier alpha value is -1.03. The summed E-state index contributed by atoms with van der Waals surface area (Å²) in [7, 11) is 1.92. The lowest BCUT2D eigenvalue weighted by molar-refractivity contribution is 0.0311. The van der Waals surface area contributed by atoms with Gasteiger partial charge in [0.05, 0.1) is 11.8 Å². The van der Waals surface area contributed by atoms with E-state index in [9.17, 15) is 5.11 Å². The van der Waals surface area contributed by atoms with E-state index >= 15 is 0 Å². The number of hydrogen-bond acceptors (Lipinski definition) is 3. The number of hydrogen-bond donors (Lipinski definition) is 1. The summed E-state index contributed by atoms with van der Waals surface area (Å²) in [6, 6.07) is 0. The molecule has 0 saturated heterocycles. The van der Waals surface area contributed by atoms with Crippen LogP contribution in [0, 0.1) is 13.8 Å². The van der Waals surface area contributed by atoms with E-state index in [0.717, 1.165) is 42.8 Å². The third kappa shape index (κ3) is 2.63. The molecule has 1 saturated carbocycles. The smallest absolute Gasteiger partial charge is 0.163 e. The van der Waals surface area contributed by atoms with E-state index in [1.165, 1.54) is 6.42 Å². The maximum absolute atomic E-state index is 10.0. The summed E-state index contributed by atoms with van der Waals surface area (Å²) >= 11 is 0. The Labute approximate surface area is 103 Å². The van der Waals surface area contributed by atoms with Crippen LogP contribution in [0.2, 0.25) is 0 Å². The van der Waals surface area contributed by atoms with Crippen molar-refractivity contribution in [1.82, 2.24) is 9.78 Å². The van der Waals surface area contributed by atoms with Crippen molar-refractivity contribution >= 4 is 0 Å². The van der Waals surface area contributed by atoms with Crippen molar-refractivity contribution in [2.45, 2.75) is 58.2 Å². The molecule has 1 heterocycles. The van der Waals surface area contributed by atoms with Crippen LogP contribution in [0.25, 0.3) is 0 Å². The SMILES string of the molecule is Cc1nn(C)c(C)c1OC1CCCCCC1O. The van der Waals surface area contributed by atoms with E-state index in [1.54, 1.807) is 0 Å². The summed E-state index contributed by atoms with van der Waals surface area (Å²) < 4.78 is 7.82. The lowest BCUT2D eigenvalue weighted by atomic mass is 10.1. The van der Waals surface area contributed by atoms with Crippen LogP contribution in [0.4, 0.5) is 0 Å². The number of aromatic nitrogens is 2. The number of aliphatic hydroxyl groups is 1. The number of aliphatic hydroxyl groups excluding tert-OH is 1. The Morgan fingerprint density at radius 1 is 1.24 bits per heavy atom. The molecule has 1 aromatic heterocycles. The van der Waals surface area contributed by atoms with E-state index in [2.05, 4.69) is 5.10 Å². The first-order valence-corrected chi connectivity index (χ1v) is 6.44. The van der Waals surface area contributed by atoms with Crippen LogP contribution in [0.5, 0.6) is 5.75 Å². The third-order valence-electron chi connectivity index (χ3n) is 3.63. The molecule has 1 aromatic rings. The topological polar surface area (TPSA) is 47.3 Å². The van der Waals surface area contributed by atoms with E-state index in [0.29, 0.717) is 0 Å². The Morgan fingerprint density at radius 3 is 2.59 bits per heavy atom. The van der Waals surface area contributed by atoms with Gasteiger partial charge >= 0.3 is 0 Å². The summed E-state index contributed by atoms with van der Waals surface area (Å²) in [6.07, 6.45) is 4.82. The Morgan fingerprint density at radius 2 is 1.94 bits per heavy atom. The van der Waals surface area contributed by atoms with Crippen molar-refractivity contribution in [2.24, 2.45) is 7.05 Å². The van der Waals surface area contributed by atoms with Crippen LogP contribution >= 0.6 is 0 Å². The van der Waals surface area contributed by atoms with Crippen molar-refractivity contribution in [3.63, 3.8) is 0 Å². The maximum Gasteiger partial charge on any atom is 0.163 e. The standard InChI is InChI=1S/C13H22N2O2/c1-9-13(10(2)15(3)14-9)17-12-8-6-4-5-7-11(12)16/h11-12,16H,4-8H2,1-3H3. The fraction of sp³-hybridized carbons (Fsp3) is 0.769. The number of nitrogens with zero attached hydrogens (tertiary/aromatic N) is 2. The first kappa shape index (κ1) is 12.4. The predicted molar refractivity (Wildman–Crippen MR) is 66.2 cm³/mol. The summed E-state index contributed by atoms with van der Waals surface area (Å²) in [4.78, 5) is 0. The fourth-order valence-corrected chi connectivity index (χ4v) is 2.47. The molecule has 0 aromatic carbocycles. The Balaban J connectivity index is 2.13. The minimum Gasteiger partial charge on any atom is -0.484 e. The summed E-state index contributed by atoms with van der Waals surface area (Å²) in [5, 5.41) is 14.4. The van der Waals surface area contributed by atoms with Gasteiger partial charge in [-0.2, -0.15) is 5.10 Å². The summed E-state index contributed by atoms with van der Waals surface area (Å²) in [5.74, 6) is 0.846. The second-order valence-electron chi connectivity index (χ2n) is 4.99. The lowest BCUT2D eigenvalue weighted by Crippen LogP contribution is -2.30. The van der Waals surface area contributed by atoms with Crippen molar-refractivity contribution in [3.8, 4) is 5.75 Å². The van der Waals surface area contributed by atoms with E-state index in [4.69, 9.17) is 4.74 Å². The van der Waals surface area contributed by atoms with E-state index < -0.39 is 0 Å². The largest absolute Gasteiger partial charge is 0.484 e. The molecule has 1 aliphatic rings. The molecular formula is C13H22N2O2. The molecule has 0 spiro atoms. The summed E-state index contributed by atoms with van der Waals surface area (Å²) in [6.45, 7) is 3.95. The molecule has 1 fully saturated rings. The van der Waals surface area contributed by atoms with Gasteiger partial charge in [-0.3, -0.25) is 4.68 Å². The van der Waals surface area contributed by atoms with Gasteiger partial charge in [0, 0.05) is 7.05 Å². The van der Waals surface area contributed by atoms with Gasteiger partial charge in [-0.15, -0.1) is 0 Å². The van der Waals surface area contributed by atoms with Crippen LogP contribution in [0.1, 0.15) is 43.5 Å². The van der Waals surface area contributed by atoms with Crippen LogP contribution in [-0.4, -0.2) is 27.1 Å². The molecule has 4 heteroatoms. The molecule has 17 heavy (non-hydrogen) atoms. The molecule has 0 bridgehead atoms. The molecule has 96 valence electrons. The highest BCUT2D eigenvalue weighted by atomic mass is 16.5. The molecule has 1 aliphatic carbocycles. The van der Waals surface area contributed by atoms with Crippen molar-refractivity contribution in [3.05, 3.63) is 11.4 Å². The maximum atomic E-state index is 10.0. The molecule has 0 aliphatic heterocycles. The average Bonchev–Trinajstić information content (AvgIpc) is 2.45. The van der Waals surface area contributed by atoms with Gasteiger partial charge in [-0.1, -0.05) is 12.8 Å². The molecule has 2 atom stereocenters. The molecule has 4 nitrogen and oxygen atoms in total. The van der Waals surface area contributed by atoms with E-state index in [1.807, 2.05) is 25.6 Å². The van der Waals surface area contributed by atoms with Crippen molar-refractivity contribution in [1.29, 1.82) is 0 Å². The van der Waals surface area contributed by atoms with Gasteiger partial charge in [0.25, 0.3) is 0 Å². The van der Waals surface area contributed by atoms with Gasteiger partial charge in [0.1, 0.15) is 11.8 Å². The second kappa shape index (κ2) is 5.08. The van der Waals surface area contributed by atoms with Crippen LogP contribution in [-0.2, 0) is 7.05 Å². The van der Waals surface area contributed by atoms with Gasteiger partial charge in [-0.25, -0.2) is 0 Å². The minimum atomic E-state index is -0.337. The highest BCUT2D eigenvalue weighted by molar-refractivity contribution is 5.32. The number of aryl methyl sites for hydroxylation is 2. The van der Waals surface area contributed by atoms with Crippen molar-refractivity contribution in [2.75, 3.05) is 0 Å². The Kier molecular flexibility index (Phi) is 3.72. The van der Waals surface area contributed by atoms with Crippen LogP contribution < -0.4 is 4.74 Å². The quantitative estimate of drug-likeness (QED) is 0.803. The zero-order valence-corrected chi connectivity index (χ0v) is 10.9. The summed E-state index contributed by atoms with van der Waals surface area (Å²) in [5.41, 5.74) is 1.93. The lowest BCUT2D eigenvalue weighted by Gasteiger charge is -2.22. The van der Waals surface area contributed by atoms with E-state index in [-0.39, 0.29) is 12.2 Å². The van der Waals surface area contributed by atoms with Crippen LogP contribution in [0.15, 0.2) is 0 Å². The second-order valence-corrected chi connectivity index (χ2v) is 4.99. The minimum absolute atomic E-state index is 0.0703. The normalized spacial score (nSPS) is 25.6. The molecule has 2 unspecified atom stereocenters. The zero-order valence-electron chi connectivity index (χ0n) is 10.9. The highest BCUT2D eigenvalue weighted by Crippen LogP contribution is 2.27. The Bertz CT molecular complexity index is 387. The number of ether oxygens (including phenoxy) is 1. The molecular weight excluding hydrogens is 216 g/mol. The van der Waals surface area contributed by atoms with Crippen molar-refractivity contribution < 1.29 is 9.84 Å². The predicted octanol–water partition coefficient (Wildman–Crippen LogP) is 2.11.